The first-order valence-electron chi connectivity index (χ1n) is 6.87. The zero-order valence-electron chi connectivity index (χ0n) is 12.6. The van der Waals surface area contributed by atoms with Crippen molar-refractivity contribution in [1.29, 1.82) is 0 Å². The minimum Gasteiger partial charge on any atom is -0.332 e. The van der Waals surface area contributed by atoms with Gasteiger partial charge in [0, 0.05) is 11.8 Å². The summed E-state index contributed by atoms with van der Waals surface area (Å²) >= 11 is 0. The van der Waals surface area contributed by atoms with Gasteiger partial charge in [0.2, 0.25) is 0 Å². The summed E-state index contributed by atoms with van der Waals surface area (Å²) in [6, 6.07) is 6.52. The van der Waals surface area contributed by atoms with Crippen LogP contribution in [-0.4, -0.2) is 28.9 Å². The molecule has 0 saturated carbocycles. The van der Waals surface area contributed by atoms with Crippen LogP contribution >= 0.6 is 0 Å². The van der Waals surface area contributed by atoms with E-state index in [1.165, 1.54) is 11.4 Å². The Kier molecular flexibility index (Phi) is 5.10. The van der Waals surface area contributed by atoms with Crippen LogP contribution < -0.4 is 10.6 Å². The highest BCUT2D eigenvalue weighted by molar-refractivity contribution is 5.95. The van der Waals surface area contributed by atoms with E-state index in [1.807, 2.05) is 0 Å². The number of alkyl halides is 6. The number of carbonyl (C=O) groups is 1. The number of aromatic nitrogens is 1. The number of benzene rings is 1. The summed E-state index contributed by atoms with van der Waals surface area (Å²) < 4.78 is 93.6. The Hall–Kier alpha value is -2.85. The summed E-state index contributed by atoms with van der Waals surface area (Å²) in [4.78, 5) is 15.3. The first-order valence-corrected chi connectivity index (χ1v) is 6.87. The van der Waals surface area contributed by atoms with E-state index in [9.17, 15) is 35.5 Å². The molecule has 0 unspecified atom stereocenters. The van der Waals surface area contributed by atoms with Crippen LogP contribution in [0, 0.1) is 5.82 Å². The maximum Gasteiger partial charge on any atom is 0.439 e. The van der Waals surface area contributed by atoms with Gasteiger partial charge in [-0.25, -0.2) is 9.37 Å². The molecule has 0 spiro atoms. The molecule has 0 aliphatic rings. The topological polar surface area (TPSA) is 54.0 Å². The minimum absolute atomic E-state index is 0.508. The highest BCUT2D eigenvalue weighted by Crippen LogP contribution is 2.43. The molecule has 2 N–H and O–H groups in total. The average Bonchev–Trinajstić information content (AvgIpc) is 2.53. The lowest BCUT2D eigenvalue weighted by Crippen LogP contribution is -2.72. The second-order valence-electron chi connectivity index (χ2n) is 5.05. The smallest absolute Gasteiger partial charge is 0.332 e. The number of hydrogen-bond acceptors (Lipinski definition) is 3. The van der Waals surface area contributed by atoms with Crippen molar-refractivity contribution in [2.75, 3.05) is 5.32 Å². The van der Waals surface area contributed by atoms with Gasteiger partial charge in [0.15, 0.2) is 0 Å². The molecule has 1 heterocycles. The number of carbonyl (C=O) groups excluding carboxylic acids is 1. The van der Waals surface area contributed by atoms with Gasteiger partial charge in [-0.1, -0.05) is 12.1 Å². The number of nitrogens with zero attached hydrogens (tertiary/aromatic N) is 1. The van der Waals surface area contributed by atoms with Gasteiger partial charge < -0.3 is 10.6 Å². The van der Waals surface area contributed by atoms with E-state index in [1.54, 1.807) is 0 Å². The summed E-state index contributed by atoms with van der Waals surface area (Å²) in [5.74, 6) is -3.55. The van der Waals surface area contributed by atoms with Crippen LogP contribution in [0.1, 0.15) is 10.4 Å². The van der Waals surface area contributed by atoms with Crippen molar-refractivity contribution in [3.05, 3.63) is 60.0 Å². The third kappa shape index (κ3) is 3.86. The lowest BCUT2D eigenvalue weighted by atomic mass is 10.1. The summed E-state index contributed by atoms with van der Waals surface area (Å²) in [5.41, 5.74) is -5.55. The molecule has 0 radical (unpaired) electrons. The quantitative estimate of drug-likeness (QED) is 0.624. The molecular weight excluding hydrogens is 371 g/mol. The van der Waals surface area contributed by atoms with Crippen molar-refractivity contribution in [3.8, 4) is 0 Å². The number of anilines is 1. The van der Waals surface area contributed by atoms with Gasteiger partial charge >= 0.3 is 18.0 Å². The van der Waals surface area contributed by atoms with Crippen molar-refractivity contribution in [2.24, 2.45) is 0 Å². The van der Waals surface area contributed by atoms with E-state index in [-0.39, 0.29) is 0 Å². The Bertz CT molecular complexity index is 761. The van der Waals surface area contributed by atoms with Gasteiger partial charge in [-0.3, -0.25) is 4.79 Å². The molecule has 0 fully saturated rings. The lowest BCUT2D eigenvalue weighted by Gasteiger charge is -2.38. The predicted octanol–water partition coefficient (Wildman–Crippen LogP) is 3.88. The molecule has 0 aliphatic heterocycles. The van der Waals surface area contributed by atoms with Gasteiger partial charge in [-0.05, 0) is 30.3 Å². The third-order valence-electron chi connectivity index (χ3n) is 3.22. The van der Waals surface area contributed by atoms with Gasteiger partial charge in [0.05, 0.1) is 0 Å². The second-order valence-corrected chi connectivity index (χ2v) is 5.05. The molecule has 0 atom stereocenters. The maximum atomic E-state index is 13.4. The molecular formula is C15H10F7N3O. The summed E-state index contributed by atoms with van der Waals surface area (Å²) in [6.07, 6.45) is -11.0. The van der Waals surface area contributed by atoms with Crippen LogP contribution in [0.25, 0.3) is 0 Å². The average molecular weight is 381 g/mol. The van der Waals surface area contributed by atoms with Crippen molar-refractivity contribution in [2.45, 2.75) is 18.0 Å². The zero-order chi connectivity index (χ0) is 19.6. The van der Waals surface area contributed by atoms with Crippen molar-refractivity contribution < 1.29 is 35.5 Å². The van der Waals surface area contributed by atoms with E-state index in [0.29, 0.717) is 6.07 Å². The summed E-state index contributed by atoms with van der Waals surface area (Å²) in [7, 11) is 0. The zero-order valence-corrected chi connectivity index (χ0v) is 12.6. The number of amides is 1. The van der Waals surface area contributed by atoms with E-state index >= 15 is 0 Å². The minimum atomic E-state index is -5.99. The normalized spacial score (nSPS) is 12.6. The molecule has 2 rings (SSSR count). The Balaban J connectivity index is 2.50. The Morgan fingerprint density at radius 2 is 1.58 bits per heavy atom. The highest BCUT2D eigenvalue weighted by atomic mass is 19.4. The van der Waals surface area contributed by atoms with Crippen molar-refractivity contribution >= 4 is 11.7 Å². The molecule has 2 aromatic rings. The maximum absolute atomic E-state index is 13.4. The third-order valence-corrected chi connectivity index (χ3v) is 3.22. The van der Waals surface area contributed by atoms with Crippen LogP contribution in [0.3, 0.4) is 0 Å². The Morgan fingerprint density at radius 1 is 0.923 bits per heavy atom. The van der Waals surface area contributed by atoms with Crippen LogP contribution in [0.2, 0.25) is 0 Å². The van der Waals surface area contributed by atoms with Gasteiger partial charge in [0.1, 0.15) is 11.6 Å². The van der Waals surface area contributed by atoms with E-state index < -0.39 is 41.1 Å². The van der Waals surface area contributed by atoms with Gasteiger partial charge in [-0.15, -0.1) is 0 Å². The fourth-order valence-electron chi connectivity index (χ4n) is 1.98. The summed E-state index contributed by atoms with van der Waals surface area (Å²) in [6.45, 7) is 0. The molecule has 0 aliphatic carbocycles. The van der Waals surface area contributed by atoms with E-state index in [4.69, 9.17) is 0 Å². The second kappa shape index (κ2) is 6.81. The molecule has 11 heteroatoms. The van der Waals surface area contributed by atoms with Crippen LogP contribution in [-0.2, 0) is 0 Å². The molecule has 1 aromatic heterocycles. The molecule has 1 aromatic carbocycles. The first-order chi connectivity index (χ1) is 12.0. The highest BCUT2D eigenvalue weighted by Gasteiger charge is 2.72. The van der Waals surface area contributed by atoms with Crippen LogP contribution in [0.5, 0.6) is 0 Å². The number of halogens is 7. The lowest BCUT2D eigenvalue weighted by molar-refractivity contribution is -0.294. The molecule has 26 heavy (non-hydrogen) atoms. The number of pyridine rings is 1. The fraction of sp³-hybridized carbons (Fsp3) is 0.200. The number of hydrogen-bond donors (Lipinski definition) is 2. The van der Waals surface area contributed by atoms with Crippen LogP contribution in [0.15, 0.2) is 48.7 Å². The Labute approximate surface area is 142 Å². The van der Waals surface area contributed by atoms with Crippen LogP contribution in [0.4, 0.5) is 36.6 Å². The summed E-state index contributed by atoms with van der Waals surface area (Å²) in [5, 5.41) is 2.10. The SMILES string of the molecule is O=C(NC(Nc1ccccn1)(C(F)(F)F)C(F)(F)F)c1cccc(F)c1. The first kappa shape index (κ1) is 19.5. The Morgan fingerprint density at radius 3 is 2.08 bits per heavy atom. The van der Waals surface area contributed by atoms with Crippen molar-refractivity contribution in [3.63, 3.8) is 0 Å². The van der Waals surface area contributed by atoms with E-state index in [0.717, 1.165) is 41.8 Å². The molecule has 0 saturated heterocycles. The molecule has 140 valence electrons. The molecule has 4 nitrogen and oxygen atoms in total. The number of rotatable bonds is 4. The standard InChI is InChI=1S/C15H10F7N3O/c16-10-5-3-4-9(8-10)12(26)25-13(14(17,18)19,15(20,21)22)24-11-6-1-2-7-23-11/h1-8H,(H,23,24)(H,25,26). The van der Waals surface area contributed by atoms with Crippen molar-refractivity contribution in [1.82, 2.24) is 10.3 Å². The fourth-order valence-corrected chi connectivity index (χ4v) is 1.98. The monoisotopic (exact) mass is 381 g/mol. The number of nitrogens with one attached hydrogen (secondary N) is 2. The van der Waals surface area contributed by atoms with E-state index in [2.05, 4.69) is 4.98 Å². The van der Waals surface area contributed by atoms with Gasteiger partial charge in [-0.2, -0.15) is 26.3 Å². The predicted molar refractivity (Wildman–Crippen MR) is 76.6 cm³/mol. The molecule has 0 bridgehead atoms. The largest absolute Gasteiger partial charge is 0.439 e. The van der Waals surface area contributed by atoms with Gasteiger partial charge in [0.25, 0.3) is 5.91 Å². The molecule has 1 amide bonds.